The van der Waals surface area contributed by atoms with Crippen LogP contribution in [0.5, 0.6) is 0 Å². The minimum Gasteiger partial charge on any atom is -0.477 e. The van der Waals surface area contributed by atoms with Crippen LogP contribution in [0.1, 0.15) is 23.7 Å². The van der Waals surface area contributed by atoms with E-state index in [1.807, 2.05) is 18.2 Å². The highest BCUT2D eigenvalue weighted by molar-refractivity contribution is 8.23. The van der Waals surface area contributed by atoms with Gasteiger partial charge >= 0.3 is 5.97 Å². The van der Waals surface area contributed by atoms with Crippen LogP contribution in [0.25, 0.3) is 0 Å². The number of amides is 1. The molecule has 1 aromatic rings. The van der Waals surface area contributed by atoms with Gasteiger partial charge in [-0.3, -0.25) is 19.4 Å². The van der Waals surface area contributed by atoms with Gasteiger partial charge in [0.1, 0.15) is 11.5 Å². The van der Waals surface area contributed by atoms with E-state index in [0.717, 1.165) is 13.0 Å². The Morgan fingerprint density at radius 3 is 2.72 bits per heavy atom. The van der Waals surface area contributed by atoms with Crippen molar-refractivity contribution in [3.05, 3.63) is 45.8 Å². The van der Waals surface area contributed by atoms with Crippen LogP contribution in [0.2, 0.25) is 0 Å². The maximum atomic E-state index is 13.7. The number of Topliss-reactive ketones (excluding diaryl/α,β-unsaturated/α-hetero) is 1. The molecule has 1 amide bonds. The third kappa shape index (κ3) is 3.83. The van der Waals surface area contributed by atoms with Crippen LogP contribution < -0.4 is 0 Å². The van der Waals surface area contributed by atoms with Gasteiger partial charge in [-0.25, -0.2) is 9.18 Å². The summed E-state index contributed by atoms with van der Waals surface area (Å²) >= 11 is 2.71. The number of halogens is 1. The lowest BCUT2D eigenvalue weighted by molar-refractivity contribution is -0.154. The highest BCUT2D eigenvalue weighted by atomic mass is 32.2. The number of aliphatic carboxylic acids is 1. The Kier molecular flexibility index (Phi) is 5.72. The molecule has 3 aliphatic rings. The second-order valence-electron chi connectivity index (χ2n) is 7.41. The van der Waals surface area contributed by atoms with E-state index in [4.69, 9.17) is 0 Å². The number of nitrogens with zero attached hydrogens (tertiary/aromatic N) is 2. The van der Waals surface area contributed by atoms with Crippen LogP contribution in [-0.2, 0) is 9.59 Å². The first-order valence-electron chi connectivity index (χ1n) is 9.45. The van der Waals surface area contributed by atoms with Crippen LogP contribution >= 0.6 is 23.5 Å². The molecule has 0 spiro atoms. The molecule has 4 rings (SSSR count). The van der Waals surface area contributed by atoms with Gasteiger partial charge in [0, 0.05) is 17.4 Å². The lowest BCUT2D eigenvalue weighted by Crippen LogP contribution is -2.60. The molecule has 0 saturated carbocycles. The van der Waals surface area contributed by atoms with Crippen molar-refractivity contribution >= 4 is 41.2 Å². The van der Waals surface area contributed by atoms with E-state index in [1.54, 1.807) is 12.1 Å². The Morgan fingerprint density at radius 2 is 2.07 bits per heavy atom. The summed E-state index contributed by atoms with van der Waals surface area (Å²) in [5.41, 5.74) is 0.658. The van der Waals surface area contributed by atoms with Crippen LogP contribution in [0.4, 0.5) is 4.39 Å². The first kappa shape index (κ1) is 20.4. The quantitative estimate of drug-likeness (QED) is 0.520. The zero-order valence-electron chi connectivity index (χ0n) is 15.8. The van der Waals surface area contributed by atoms with E-state index in [2.05, 4.69) is 4.90 Å². The lowest BCUT2D eigenvalue weighted by atomic mass is 9.93. The van der Waals surface area contributed by atoms with Gasteiger partial charge in [-0.1, -0.05) is 42.1 Å². The highest BCUT2D eigenvalue weighted by Crippen LogP contribution is 2.55. The molecular formula is C20H21FN2O4S2. The lowest BCUT2D eigenvalue weighted by Gasteiger charge is -2.42. The van der Waals surface area contributed by atoms with Crippen molar-refractivity contribution < 1.29 is 23.9 Å². The fourth-order valence-corrected chi connectivity index (χ4v) is 7.26. The summed E-state index contributed by atoms with van der Waals surface area (Å²) in [5, 5.41) is 9.26. The van der Waals surface area contributed by atoms with Crippen molar-refractivity contribution in [3.8, 4) is 0 Å². The molecule has 29 heavy (non-hydrogen) atoms. The Balaban J connectivity index is 1.39. The third-order valence-electron chi connectivity index (χ3n) is 5.41. The standard InChI is InChI=1S/C20H21FN2O4S2/c1-11(21)15-17(25)23-16(19(26)27)20(29-18(15)23)28-13-7-8-22(9-13)10-14(24)12-5-3-2-4-6-12/h2-6,11,13,15,18H,7-10H2,1H3,(H,26,27)/t11-,13-,15-,18+/m0/s1. The number of carbonyl (C=O) groups is 3. The van der Waals surface area contributed by atoms with Gasteiger partial charge < -0.3 is 5.11 Å². The number of alkyl halides is 1. The zero-order valence-corrected chi connectivity index (χ0v) is 17.4. The fraction of sp³-hybridized carbons (Fsp3) is 0.450. The molecule has 3 heterocycles. The molecule has 0 aromatic heterocycles. The number of thioether (sulfide) groups is 2. The van der Waals surface area contributed by atoms with Gasteiger partial charge in [0.05, 0.1) is 16.7 Å². The Labute approximate surface area is 176 Å². The molecule has 2 fully saturated rings. The van der Waals surface area contributed by atoms with Crippen LogP contribution in [0, 0.1) is 5.92 Å². The van der Waals surface area contributed by atoms with E-state index < -0.39 is 29.3 Å². The predicted octanol–water partition coefficient (Wildman–Crippen LogP) is 2.82. The number of rotatable bonds is 7. The number of likely N-dealkylation sites (tertiary alicyclic amines) is 1. The van der Waals surface area contributed by atoms with E-state index >= 15 is 0 Å². The molecule has 9 heteroatoms. The number of fused-ring (bicyclic) bond motifs is 1. The summed E-state index contributed by atoms with van der Waals surface area (Å²) in [5.74, 6) is -2.33. The minimum atomic E-state index is -1.30. The molecule has 3 aliphatic heterocycles. The second kappa shape index (κ2) is 8.12. The second-order valence-corrected chi connectivity index (χ2v) is 10.1. The van der Waals surface area contributed by atoms with E-state index in [1.165, 1.54) is 35.3 Å². The molecule has 0 unspecified atom stereocenters. The van der Waals surface area contributed by atoms with Crippen molar-refractivity contribution in [2.45, 2.75) is 30.1 Å². The van der Waals surface area contributed by atoms with Crippen molar-refractivity contribution in [2.24, 2.45) is 5.92 Å². The number of ketones is 1. The number of benzene rings is 1. The normalized spacial score (nSPS) is 27.7. The number of carbonyl (C=O) groups excluding carboxylic acids is 2. The Bertz CT molecular complexity index is 876. The van der Waals surface area contributed by atoms with Crippen LogP contribution in [0.15, 0.2) is 40.3 Å². The number of hydrogen-bond donors (Lipinski definition) is 1. The Morgan fingerprint density at radius 1 is 1.34 bits per heavy atom. The average molecular weight is 437 g/mol. The molecule has 4 atom stereocenters. The van der Waals surface area contributed by atoms with Crippen molar-refractivity contribution in [2.75, 3.05) is 19.6 Å². The number of β-lactam (4-membered cyclic amide) rings is 1. The molecule has 1 N–H and O–H groups in total. The molecule has 1 aromatic carbocycles. The predicted molar refractivity (Wildman–Crippen MR) is 110 cm³/mol. The minimum absolute atomic E-state index is 0.0225. The topological polar surface area (TPSA) is 77.9 Å². The maximum Gasteiger partial charge on any atom is 0.354 e. The van der Waals surface area contributed by atoms with Gasteiger partial charge in [-0.05, 0) is 19.9 Å². The van der Waals surface area contributed by atoms with Crippen molar-refractivity contribution in [1.82, 2.24) is 9.80 Å². The SMILES string of the molecule is C[C@H](F)[C@H]1C(=O)N2C(C(=O)O)=C(S[C@H]3CCN(CC(=O)c4ccccc4)C3)S[C@H]12. The monoisotopic (exact) mass is 436 g/mol. The van der Waals surface area contributed by atoms with E-state index in [-0.39, 0.29) is 16.7 Å². The molecule has 0 bridgehead atoms. The van der Waals surface area contributed by atoms with E-state index in [0.29, 0.717) is 22.9 Å². The number of carboxylic acid groups (broad SMARTS) is 1. The largest absolute Gasteiger partial charge is 0.477 e. The first-order chi connectivity index (χ1) is 13.9. The highest BCUT2D eigenvalue weighted by Gasteiger charge is 2.58. The maximum absolute atomic E-state index is 13.7. The first-order valence-corrected chi connectivity index (χ1v) is 11.2. The van der Waals surface area contributed by atoms with Gasteiger partial charge in [0.15, 0.2) is 11.5 Å². The van der Waals surface area contributed by atoms with E-state index in [9.17, 15) is 23.9 Å². The van der Waals surface area contributed by atoms with Gasteiger partial charge in [-0.2, -0.15) is 0 Å². The zero-order chi connectivity index (χ0) is 20.7. The van der Waals surface area contributed by atoms with Crippen LogP contribution in [-0.4, -0.2) is 69.0 Å². The van der Waals surface area contributed by atoms with Gasteiger partial charge in [0.25, 0.3) is 0 Å². The molecule has 0 aliphatic carbocycles. The number of hydrogen-bond acceptors (Lipinski definition) is 6. The summed E-state index contributed by atoms with van der Waals surface area (Å²) in [4.78, 5) is 39.6. The smallest absolute Gasteiger partial charge is 0.354 e. The van der Waals surface area contributed by atoms with Gasteiger partial charge in [-0.15, -0.1) is 11.8 Å². The summed E-state index contributed by atoms with van der Waals surface area (Å²) < 4.78 is 14.3. The van der Waals surface area contributed by atoms with Crippen LogP contribution in [0.3, 0.4) is 0 Å². The third-order valence-corrected chi connectivity index (χ3v) is 8.27. The average Bonchev–Trinajstić information content (AvgIpc) is 3.24. The number of carboxylic acids is 1. The molecule has 6 nitrogen and oxygen atoms in total. The van der Waals surface area contributed by atoms with Crippen molar-refractivity contribution in [1.29, 1.82) is 0 Å². The summed E-state index contributed by atoms with van der Waals surface area (Å²) in [6.45, 7) is 3.09. The molecule has 0 radical (unpaired) electrons. The van der Waals surface area contributed by atoms with Gasteiger partial charge in [0.2, 0.25) is 5.91 Å². The van der Waals surface area contributed by atoms with Crippen molar-refractivity contribution in [3.63, 3.8) is 0 Å². The fourth-order valence-electron chi connectivity index (χ4n) is 3.92. The molecular weight excluding hydrogens is 415 g/mol. The summed E-state index contributed by atoms with van der Waals surface area (Å²) in [6, 6.07) is 9.14. The Hall–Kier alpha value is -1.84. The summed E-state index contributed by atoms with van der Waals surface area (Å²) in [7, 11) is 0. The molecule has 154 valence electrons. The molecule has 2 saturated heterocycles. The summed E-state index contributed by atoms with van der Waals surface area (Å²) in [6.07, 6.45) is -0.479.